The number of fused-ring (bicyclic) bond motifs is 1. The van der Waals surface area contributed by atoms with Crippen molar-refractivity contribution in [2.75, 3.05) is 5.32 Å². The molecule has 2 N–H and O–H groups in total. The molecule has 1 unspecified atom stereocenters. The van der Waals surface area contributed by atoms with E-state index in [-0.39, 0.29) is 28.0 Å². The van der Waals surface area contributed by atoms with E-state index in [0.29, 0.717) is 11.0 Å². The van der Waals surface area contributed by atoms with Gasteiger partial charge in [-0.2, -0.15) is 0 Å². The second-order valence-electron chi connectivity index (χ2n) is 5.75. The van der Waals surface area contributed by atoms with Crippen LogP contribution in [0.2, 0.25) is 5.15 Å². The number of benzene rings is 1. The number of aliphatic carboxylic acids is 1. The van der Waals surface area contributed by atoms with Crippen LogP contribution in [0.4, 0.5) is 5.82 Å². The minimum absolute atomic E-state index is 0.0238. The Morgan fingerprint density at radius 2 is 1.89 bits per heavy atom. The average Bonchev–Trinajstić information content (AvgIpc) is 2.66. The molecule has 28 heavy (non-hydrogen) atoms. The van der Waals surface area contributed by atoms with E-state index in [9.17, 15) is 13.2 Å². The Balaban J connectivity index is 1.91. The zero-order valence-corrected chi connectivity index (χ0v) is 16.0. The average molecular weight is 419 g/mol. The summed E-state index contributed by atoms with van der Waals surface area (Å²) in [5.74, 6) is -0.956. The number of aromatic nitrogens is 3. The molecule has 144 valence electrons. The van der Waals surface area contributed by atoms with E-state index in [0.717, 1.165) is 6.20 Å². The number of hydrogen-bond donors (Lipinski definition) is 2. The second-order valence-corrected chi connectivity index (χ2v) is 8.18. The molecule has 0 radical (unpaired) electrons. The maximum absolute atomic E-state index is 12.9. The molecule has 1 aromatic carbocycles. The highest BCUT2D eigenvalue weighted by molar-refractivity contribution is 7.92. The third kappa shape index (κ3) is 4.10. The number of nitrogens with zero attached hydrogens (tertiary/aromatic N) is 3. The molecule has 0 fully saturated rings. The van der Waals surface area contributed by atoms with Crippen LogP contribution in [0, 0.1) is 0 Å². The number of pyridine rings is 1. The highest BCUT2D eigenvalue weighted by Gasteiger charge is 2.27. The molecule has 10 heteroatoms. The lowest BCUT2D eigenvalue weighted by Crippen LogP contribution is -2.28. The molecule has 3 aromatic rings. The van der Waals surface area contributed by atoms with Gasteiger partial charge < -0.3 is 10.4 Å². The standard InChI is InChI=1S/C18H15ClN4O4S/c1-2-15(23-18-17(19)21-13-5-3-4-6-14(13)22-18)28(26,27)12-8-7-11(20-10-12)9-16(24)25/h2-8,10,15H,1,9H2,(H,22,23)(H,24,25). The van der Waals surface area contributed by atoms with Crippen LogP contribution in [0.3, 0.4) is 0 Å². The molecule has 0 saturated heterocycles. The zero-order valence-electron chi connectivity index (χ0n) is 14.4. The van der Waals surface area contributed by atoms with Crippen molar-refractivity contribution in [3.05, 3.63) is 66.1 Å². The van der Waals surface area contributed by atoms with Crippen LogP contribution in [-0.2, 0) is 21.1 Å². The van der Waals surface area contributed by atoms with Crippen molar-refractivity contribution in [3.63, 3.8) is 0 Å². The maximum Gasteiger partial charge on any atom is 0.309 e. The molecule has 3 rings (SSSR count). The van der Waals surface area contributed by atoms with Crippen LogP contribution >= 0.6 is 11.6 Å². The summed E-state index contributed by atoms with van der Waals surface area (Å²) in [6, 6.07) is 9.69. The van der Waals surface area contributed by atoms with E-state index in [1.54, 1.807) is 24.3 Å². The van der Waals surface area contributed by atoms with Gasteiger partial charge in [0.05, 0.1) is 28.0 Å². The molecule has 0 amide bonds. The molecule has 0 saturated carbocycles. The van der Waals surface area contributed by atoms with E-state index in [2.05, 4.69) is 26.8 Å². The predicted octanol–water partition coefficient (Wildman–Crippen LogP) is 2.70. The van der Waals surface area contributed by atoms with E-state index in [4.69, 9.17) is 16.7 Å². The first-order valence-electron chi connectivity index (χ1n) is 8.03. The zero-order chi connectivity index (χ0) is 20.3. The number of sulfone groups is 1. The monoisotopic (exact) mass is 418 g/mol. The molecule has 0 bridgehead atoms. The molecular weight excluding hydrogens is 404 g/mol. The van der Waals surface area contributed by atoms with Gasteiger partial charge in [0.15, 0.2) is 16.3 Å². The number of nitrogens with one attached hydrogen (secondary N) is 1. The second kappa shape index (κ2) is 7.91. The van der Waals surface area contributed by atoms with Gasteiger partial charge in [-0.1, -0.05) is 36.4 Å². The number of carboxylic acid groups (broad SMARTS) is 1. The lowest BCUT2D eigenvalue weighted by atomic mass is 10.3. The van der Waals surface area contributed by atoms with Crippen molar-refractivity contribution in [1.82, 2.24) is 15.0 Å². The van der Waals surface area contributed by atoms with Gasteiger partial charge in [-0.25, -0.2) is 18.4 Å². The first-order valence-corrected chi connectivity index (χ1v) is 9.95. The summed E-state index contributed by atoms with van der Waals surface area (Å²) in [6.45, 7) is 3.57. The van der Waals surface area contributed by atoms with Gasteiger partial charge in [0, 0.05) is 6.20 Å². The predicted molar refractivity (Wildman–Crippen MR) is 105 cm³/mol. The van der Waals surface area contributed by atoms with Gasteiger partial charge in [-0.3, -0.25) is 9.78 Å². The van der Waals surface area contributed by atoms with Gasteiger partial charge in [0.1, 0.15) is 0 Å². The van der Waals surface area contributed by atoms with Crippen LogP contribution in [0.1, 0.15) is 5.69 Å². The largest absolute Gasteiger partial charge is 0.481 e. The first-order chi connectivity index (χ1) is 13.3. The highest BCUT2D eigenvalue weighted by atomic mass is 35.5. The molecule has 8 nitrogen and oxygen atoms in total. The van der Waals surface area contributed by atoms with Gasteiger partial charge in [-0.15, -0.1) is 0 Å². The third-order valence-electron chi connectivity index (χ3n) is 3.81. The lowest BCUT2D eigenvalue weighted by molar-refractivity contribution is -0.136. The molecule has 0 spiro atoms. The minimum atomic E-state index is -3.93. The van der Waals surface area contributed by atoms with Crippen LogP contribution in [0.5, 0.6) is 0 Å². The van der Waals surface area contributed by atoms with E-state index in [1.165, 1.54) is 18.2 Å². The quantitative estimate of drug-likeness (QED) is 0.561. The fourth-order valence-electron chi connectivity index (χ4n) is 2.45. The molecule has 0 aliphatic heterocycles. The van der Waals surface area contributed by atoms with Gasteiger partial charge in [0.2, 0.25) is 9.84 Å². The number of para-hydroxylation sites is 2. The summed E-state index contributed by atoms with van der Waals surface area (Å²) < 4.78 is 25.8. The SMILES string of the molecule is C=CC(Nc1nc2ccccc2nc1Cl)S(=O)(=O)c1ccc(CC(=O)O)nc1. The van der Waals surface area contributed by atoms with Gasteiger partial charge in [-0.05, 0) is 24.3 Å². The molecule has 1 atom stereocenters. The van der Waals surface area contributed by atoms with E-state index >= 15 is 0 Å². The summed E-state index contributed by atoms with van der Waals surface area (Å²) in [6.07, 6.45) is 2.01. The molecular formula is C18H15ClN4O4S. The topological polar surface area (TPSA) is 122 Å². The molecule has 2 heterocycles. The van der Waals surface area contributed by atoms with Crippen molar-refractivity contribution in [2.24, 2.45) is 0 Å². The number of hydrogen-bond acceptors (Lipinski definition) is 7. The fourth-order valence-corrected chi connectivity index (χ4v) is 3.91. The molecule has 0 aliphatic carbocycles. The van der Waals surface area contributed by atoms with Crippen molar-refractivity contribution < 1.29 is 18.3 Å². The fraction of sp³-hybridized carbons (Fsp3) is 0.111. The summed E-state index contributed by atoms with van der Waals surface area (Å²) in [7, 11) is -3.93. The van der Waals surface area contributed by atoms with Gasteiger partial charge >= 0.3 is 5.97 Å². The summed E-state index contributed by atoms with van der Waals surface area (Å²) in [4.78, 5) is 23.0. The van der Waals surface area contributed by atoms with Crippen molar-refractivity contribution >= 4 is 44.3 Å². The number of halogens is 1. The Kier molecular flexibility index (Phi) is 5.57. The number of carboxylic acids is 1. The van der Waals surface area contributed by atoms with Crippen LogP contribution in [0.25, 0.3) is 11.0 Å². The smallest absolute Gasteiger partial charge is 0.309 e. The Morgan fingerprint density at radius 1 is 1.21 bits per heavy atom. The Morgan fingerprint density at radius 3 is 2.46 bits per heavy atom. The first kappa shape index (κ1) is 19.7. The Hall–Kier alpha value is -3.04. The Labute approximate surface area is 165 Å². The van der Waals surface area contributed by atoms with Crippen molar-refractivity contribution in [3.8, 4) is 0 Å². The summed E-state index contributed by atoms with van der Waals surface area (Å²) >= 11 is 6.14. The van der Waals surface area contributed by atoms with Crippen LogP contribution in [-0.4, -0.2) is 39.8 Å². The molecule has 0 aliphatic rings. The van der Waals surface area contributed by atoms with Crippen molar-refractivity contribution in [2.45, 2.75) is 16.7 Å². The van der Waals surface area contributed by atoms with Crippen LogP contribution < -0.4 is 5.32 Å². The summed E-state index contributed by atoms with van der Waals surface area (Å²) in [5, 5.41) is 10.3. The minimum Gasteiger partial charge on any atom is -0.481 e. The van der Waals surface area contributed by atoms with E-state index in [1.807, 2.05) is 0 Å². The third-order valence-corrected chi connectivity index (χ3v) is 5.95. The van der Waals surface area contributed by atoms with Crippen LogP contribution in [0.15, 0.2) is 60.1 Å². The van der Waals surface area contributed by atoms with Crippen molar-refractivity contribution in [1.29, 1.82) is 0 Å². The summed E-state index contributed by atoms with van der Waals surface area (Å²) in [5.41, 5.74) is 1.38. The highest BCUT2D eigenvalue weighted by Crippen LogP contribution is 2.24. The van der Waals surface area contributed by atoms with E-state index < -0.39 is 21.2 Å². The Bertz CT molecular complexity index is 1150. The molecule has 2 aromatic heterocycles. The van der Waals surface area contributed by atoms with Gasteiger partial charge in [0.25, 0.3) is 0 Å². The lowest BCUT2D eigenvalue weighted by Gasteiger charge is -2.17. The normalized spacial score (nSPS) is 12.5. The number of carbonyl (C=O) groups is 1. The number of rotatable bonds is 7. The number of anilines is 1. The maximum atomic E-state index is 12.9.